The van der Waals surface area contributed by atoms with E-state index in [-0.39, 0.29) is 11.5 Å². The second kappa shape index (κ2) is 14.4. The van der Waals surface area contributed by atoms with E-state index in [2.05, 4.69) is 68.7 Å². The predicted octanol–water partition coefficient (Wildman–Crippen LogP) is 5.04. The lowest BCUT2D eigenvalue weighted by molar-refractivity contribution is -0.111. The van der Waals surface area contributed by atoms with E-state index >= 15 is 0 Å². The summed E-state index contributed by atoms with van der Waals surface area (Å²) in [4.78, 5) is 25.9. The van der Waals surface area contributed by atoms with Gasteiger partial charge in [0, 0.05) is 62.5 Å². The molecule has 3 heterocycles. The molecule has 13 nitrogen and oxygen atoms in total. The minimum absolute atomic E-state index is 0.237. The van der Waals surface area contributed by atoms with Crippen molar-refractivity contribution in [1.29, 1.82) is 0 Å². The molecule has 0 aliphatic carbocycles. The lowest BCUT2D eigenvalue weighted by atomic mass is 10.0. The second-order valence-electron chi connectivity index (χ2n) is 12.1. The van der Waals surface area contributed by atoms with E-state index in [0.717, 1.165) is 59.7 Å². The Morgan fingerprint density at radius 2 is 1.89 bits per heavy atom. The number of nitrogens with zero attached hydrogens (tertiary/aromatic N) is 5. The van der Waals surface area contributed by atoms with E-state index in [0.29, 0.717) is 29.3 Å². The number of rotatable bonds is 10. The Labute approximate surface area is 276 Å². The van der Waals surface area contributed by atoms with Crippen molar-refractivity contribution in [3.8, 4) is 22.8 Å². The van der Waals surface area contributed by atoms with Gasteiger partial charge in [0.1, 0.15) is 17.1 Å². The van der Waals surface area contributed by atoms with Crippen molar-refractivity contribution in [2.75, 3.05) is 63.1 Å². The maximum atomic E-state index is 12.3. The maximum Gasteiger partial charge on any atom is 0.261 e. The quantitative estimate of drug-likeness (QED) is 0.154. The number of hydrogen-bond acceptors (Lipinski definition) is 10. The highest BCUT2D eigenvalue weighted by Crippen LogP contribution is 2.40. The number of anilines is 4. The minimum Gasteiger partial charge on any atom is -0.494 e. The van der Waals surface area contributed by atoms with Crippen molar-refractivity contribution < 1.29 is 27.2 Å². The zero-order valence-electron chi connectivity index (χ0n) is 27.9. The first-order valence-electron chi connectivity index (χ1n) is 14.9. The molecule has 252 valence electrons. The van der Waals surface area contributed by atoms with Crippen LogP contribution < -0.4 is 25.0 Å². The fourth-order valence-electron chi connectivity index (χ4n) is 5.12. The first-order chi connectivity index (χ1) is 22.1. The number of carbonyl (C=O) groups is 1. The molecule has 1 amide bonds. The van der Waals surface area contributed by atoms with Gasteiger partial charge in [-0.05, 0) is 64.4 Å². The van der Waals surface area contributed by atoms with Gasteiger partial charge in [-0.3, -0.25) is 9.35 Å². The Kier molecular flexibility index (Phi) is 10.8. The maximum absolute atomic E-state index is 12.3. The molecular formula is C33H43N7O6S. The molecule has 47 heavy (non-hydrogen) atoms. The Balaban J connectivity index is 0.000000930. The molecule has 4 aromatic rings. The third-order valence-electron chi connectivity index (χ3n) is 7.46. The summed E-state index contributed by atoms with van der Waals surface area (Å²) in [6.07, 6.45) is 6.73. The summed E-state index contributed by atoms with van der Waals surface area (Å²) in [7, 11) is 3.97. The molecule has 0 saturated heterocycles. The van der Waals surface area contributed by atoms with Gasteiger partial charge in [-0.25, -0.2) is 9.97 Å². The van der Waals surface area contributed by atoms with Gasteiger partial charge >= 0.3 is 0 Å². The summed E-state index contributed by atoms with van der Waals surface area (Å²) in [5.74, 6) is 1.57. The number of hydrogen-bond donors (Lipinski definition) is 3. The van der Waals surface area contributed by atoms with Gasteiger partial charge in [-0.15, -0.1) is 0 Å². The van der Waals surface area contributed by atoms with Gasteiger partial charge in [0.15, 0.2) is 0 Å². The van der Waals surface area contributed by atoms with Crippen LogP contribution in [-0.4, -0.2) is 91.5 Å². The van der Waals surface area contributed by atoms with Crippen LogP contribution in [0.1, 0.15) is 20.3 Å². The number of aromatic nitrogens is 3. The topological polar surface area (TPSA) is 151 Å². The first-order valence-corrected chi connectivity index (χ1v) is 16.8. The van der Waals surface area contributed by atoms with E-state index in [1.54, 1.807) is 13.3 Å². The van der Waals surface area contributed by atoms with Gasteiger partial charge in [-0.1, -0.05) is 6.58 Å². The zero-order valence-corrected chi connectivity index (χ0v) is 28.7. The molecular weight excluding hydrogens is 622 g/mol. The third-order valence-corrected chi connectivity index (χ3v) is 7.46. The van der Waals surface area contributed by atoms with Crippen molar-refractivity contribution in [2.45, 2.75) is 32.4 Å². The summed E-state index contributed by atoms with van der Waals surface area (Å²) in [6.45, 7) is 10.3. The lowest BCUT2D eigenvalue weighted by Crippen LogP contribution is -2.29. The number of ether oxygens (including phenoxy) is 2. The number of methoxy groups -OCH3 is 1. The summed E-state index contributed by atoms with van der Waals surface area (Å²) < 4.78 is 40.2. The van der Waals surface area contributed by atoms with E-state index in [9.17, 15) is 13.2 Å². The summed E-state index contributed by atoms with van der Waals surface area (Å²) >= 11 is 0. The number of benzene rings is 2. The average Bonchev–Trinajstić information content (AvgIpc) is 3.37. The summed E-state index contributed by atoms with van der Waals surface area (Å²) in [5, 5.41) is 7.31. The van der Waals surface area contributed by atoms with Crippen molar-refractivity contribution >= 4 is 49.9 Å². The standard InChI is InChI=1S/C32H39N7O3.CH4O3S/c1-8-29(40)34-24-19-25(28(41-7)20-26(24)38(6)18-17-37(4)5)36-31-33-14-11-23(35-31)21-9-10-27-30-22(21)12-15-39(30)16-13-32(2,3)42-27;1-5(2,3)4/h8-12,14-15,19-20H,1,13,16-18H2,2-7H3,(H,34,40)(H,33,35,36);1H3,(H,2,3,4). The van der Waals surface area contributed by atoms with Crippen LogP contribution >= 0.6 is 0 Å². The van der Waals surface area contributed by atoms with Crippen LogP contribution in [0.5, 0.6) is 11.5 Å². The van der Waals surface area contributed by atoms with Gasteiger partial charge < -0.3 is 34.5 Å². The molecule has 0 fully saturated rings. The summed E-state index contributed by atoms with van der Waals surface area (Å²) in [6, 6.07) is 11.8. The van der Waals surface area contributed by atoms with E-state index in [4.69, 9.17) is 19.0 Å². The smallest absolute Gasteiger partial charge is 0.261 e. The van der Waals surface area contributed by atoms with Gasteiger partial charge in [0.2, 0.25) is 11.9 Å². The molecule has 0 unspecified atom stereocenters. The molecule has 3 N–H and O–H groups in total. The van der Waals surface area contributed by atoms with Gasteiger partial charge in [0.05, 0.1) is 41.6 Å². The monoisotopic (exact) mass is 665 g/mol. The number of likely N-dealkylation sites (N-methyl/N-ethyl adjacent to an activating group) is 2. The molecule has 14 heteroatoms. The zero-order chi connectivity index (χ0) is 34.5. The van der Waals surface area contributed by atoms with Crippen LogP contribution in [-0.2, 0) is 21.5 Å². The van der Waals surface area contributed by atoms with Crippen LogP contribution in [0.15, 0.2) is 61.4 Å². The molecule has 0 radical (unpaired) electrons. The van der Waals surface area contributed by atoms with Crippen LogP contribution in [0.3, 0.4) is 0 Å². The van der Waals surface area contributed by atoms with Crippen LogP contribution in [0.2, 0.25) is 0 Å². The Morgan fingerprint density at radius 1 is 1.17 bits per heavy atom. The predicted molar refractivity (Wildman–Crippen MR) is 187 cm³/mol. The van der Waals surface area contributed by atoms with Crippen LogP contribution in [0, 0.1) is 0 Å². The second-order valence-corrected chi connectivity index (χ2v) is 13.6. The average molecular weight is 666 g/mol. The van der Waals surface area contributed by atoms with Crippen molar-refractivity contribution in [2.24, 2.45) is 0 Å². The van der Waals surface area contributed by atoms with Crippen molar-refractivity contribution in [1.82, 2.24) is 19.4 Å². The Bertz CT molecular complexity index is 1860. The highest BCUT2D eigenvalue weighted by Gasteiger charge is 2.26. The van der Waals surface area contributed by atoms with Crippen molar-refractivity contribution in [3.63, 3.8) is 0 Å². The van der Waals surface area contributed by atoms with E-state index < -0.39 is 10.1 Å². The molecule has 0 saturated carbocycles. The largest absolute Gasteiger partial charge is 0.494 e. The van der Waals surface area contributed by atoms with E-state index in [1.165, 1.54) is 6.08 Å². The lowest BCUT2D eigenvalue weighted by Gasteiger charge is -2.26. The Hall–Kier alpha value is -4.66. The molecule has 2 aromatic carbocycles. The van der Waals surface area contributed by atoms with Crippen molar-refractivity contribution in [3.05, 3.63) is 61.4 Å². The normalized spacial score (nSPS) is 13.6. The molecule has 0 atom stereocenters. The van der Waals surface area contributed by atoms with Gasteiger partial charge in [0.25, 0.3) is 10.1 Å². The number of carbonyl (C=O) groups excluding carboxylic acids is 1. The molecule has 1 aliphatic rings. The van der Waals surface area contributed by atoms with Gasteiger partial charge in [-0.2, -0.15) is 8.42 Å². The Morgan fingerprint density at radius 3 is 2.55 bits per heavy atom. The molecule has 0 bridgehead atoms. The SMILES string of the molecule is C=CC(=O)Nc1cc(Nc2nccc(-c3ccc4c5c3ccn5CCC(C)(C)O4)n2)c(OC)cc1N(C)CCN(C)C.CS(=O)(=O)O. The van der Waals surface area contributed by atoms with E-state index in [1.807, 2.05) is 45.4 Å². The number of aryl methyl sites for hydroxylation is 1. The highest BCUT2D eigenvalue weighted by molar-refractivity contribution is 7.85. The molecule has 2 aromatic heterocycles. The summed E-state index contributed by atoms with van der Waals surface area (Å²) in [5.41, 5.74) is 4.66. The number of nitrogens with one attached hydrogen (secondary N) is 2. The third kappa shape index (κ3) is 9.21. The van der Waals surface area contributed by atoms with Crippen LogP contribution in [0.4, 0.5) is 23.0 Å². The minimum atomic E-state index is -3.67. The molecule has 0 spiro atoms. The fraction of sp³-hybridized carbons (Fsp3) is 0.364. The molecule has 1 aliphatic heterocycles. The highest BCUT2D eigenvalue weighted by atomic mass is 32.2. The molecule has 5 rings (SSSR count). The first kappa shape index (κ1) is 35.2. The van der Waals surface area contributed by atoms with Crippen LogP contribution in [0.25, 0.3) is 22.2 Å². The fourth-order valence-corrected chi connectivity index (χ4v) is 5.12. The number of amides is 1.